The van der Waals surface area contributed by atoms with Crippen LogP contribution < -0.4 is 11.3 Å². The lowest BCUT2D eigenvalue weighted by atomic mass is 10.1. The van der Waals surface area contributed by atoms with Crippen molar-refractivity contribution in [2.75, 3.05) is 5.75 Å². The highest BCUT2D eigenvalue weighted by Crippen LogP contribution is 2.20. The van der Waals surface area contributed by atoms with Gasteiger partial charge in [-0.1, -0.05) is 19.1 Å². The third kappa shape index (κ3) is 5.12. The predicted molar refractivity (Wildman–Crippen MR) is 85.6 cm³/mol. The first-order valence-corrected chi connectivity index (χ1v) is 7.98. The molecule has 112 valence electrons. The molecule has 0 aliphatic heterocycles. The molecule has 0 aliphatic rings. The number of nitrogens with one attached hydrogen (secondary N) is 1. The van der Waals surface area contributed by atoms with Gasteiger partial charge in [0, 0.05) is 35.0 Å². The Morgan fingerprint density at radius 1 is 1.33 bits per heavy atom. The molecule has 0 aliphatic carbocycles. The molecule has 0 amide bonds. The van der Waals surface area contributed by atoms with Crippen LogP contribution in [0.3, 0.4) is 0 Å². The third-order valence-corrected chi connectivity index (χ3v) is 4.39. The van der Waals surface area contributed by atoms with E-state index in [-0.39, 0.29) is 11.9 Å². The van der Waals surface area contributed by atoms with Gasteiger partial charge in [-0.15, -0.1) is 11.8 Å². The van der Waals surface area contributed by atoms with Gasteiger partial charge < -0.3 is 0 Å². The van der Waals surface area contributed by atoms with Gasteiger partial charge in [0.05, 0.1) is 0 Å². The fourth-order valence-electron chi connectivity index (χ4n) is 1.96. The third-order valence-electron chi connectivity index (χ3n) is 3.23. The lowest BCUT2D eigenvalue weighted by molar-refractivity contribution is 0.569. The fraction of sp³-hybridized carbons (Fsp3) is 0.312. The van der Waals surface area contributed by atoms with Crippen molar-refractivity contribution in [3.63, 3.8) is 0 Å². The van der Waals surface area contributed by atoms with Crippen molar-refractivity contribution < 1.29 is 4.39 Å². The number of pyridine rings is 1. The summed E-state index contributed by atoms with van der Waals surface area (Å²) in [5, 5.41) is 0. The molecule has 0 saturated carbocycles. The summed E-state index contributed by atoms with van der Waals surface area (Å²) < 4.78 is 13.1. The number of benzene rings is 1. The van der Waals surface area contributed by atoms with E-state index in [4.69, 9.17) is 5.84 Å². The van der Waals surface area contributed by atoms with Crippen LogP contribution >= 0.6 is 11.8 Å². The van der Waals surface area contributed by atoms with Gasteiger partial charge in [0.15, 0.2) is 0 Å². The second kappa shape index (κ2) is 8.12. The van der Waals surface area contributed by atoms with E-state index in [1.54, 1.807) is 17.8 Å². The van der Waals surface area contributed by atoms with Crippen molar-refractivity contribution in [2.24, 2.45) is 5.84 Å². The van der Waals surface area contributed by atoms with Gasteiger partial charge in [0.1, 0.15) is 5.82 Å². The summed E-state index contributed by atoms with van der Waals surface area (Å²) in [6.07, 6.45) is 3.65. The van der Waals surface area contributed by atoms with Crippen LogP contribution in [0.2, 0.25) is 0 Å². The molecule has 21 heavy (non-hydrogen) atoms. The zero-order chi connectivity index (χ0) is 15.1. The Bertz CT molecular complexity index is 560. The monoisotopic (exact) mass is 305 g/mol. The number of rotatable bonds is 7. The largest absolute Gasteiger partial charge is 0.271 e. The summed E-state index contributed by atoms with van der Waals surface area (Å²) in [4.78, 5) is 5.35. The first-order chi connectivity index (χ1) is 10.2. The van der Waals surface area contributed by atoms with Gasteiger partial charge in [-0.05, 0) is 36.2 Å². The first-order valence-electron chi connectivity index (χ1n) is 6.99. The molecule has 0 fully saturated rings. The Hall–Kier alpha value is -1.43. The highest BCUT2D eigenvalue weighted by molar-refractivity contribution is 7.99. The summed E-state index contributed by atoms with van der Waals surface area (Å²) >= 11 is 1.58. The number of nitrogens with two attached hydrogens (primary N) is 1. The van der Waals surface area contributed by atoms with E-state index in [0.717, 1.165) is 29.2 Å². The van der Waals surface area contributed by atoms with Gasteiger partial charge >= 0.3 is 0 Å². The number of halogens is 1. The van der Waals surface area contributed by atoms with Crippen LogP contribution in [-0.4, -0.2) is 16.8 Å². The lowest BCUT2D eigenvalue weighted by Crippen LogP contribution is -2.38. The molecule has 2 rings (SSSR count). The molecular formula is C16H20FN3S. The smallest absolute Gasteiger partial charge is 0.124 e. The number of hydrogen-bond acceptors (Lipinski definition) is 4. The number of hydrogen-bond donors (Lipinski definition) is 2. The average molecular weight is 305 g/mol. The van der Waals surface area contributed by atoms with Gasteiger partial charge in [-0.25, -0.2) is 4.39 Å². The molecule has 3 nitrogen and oxygen atoms in total. The Morgan fingerprint density at radius 2 is 2.19 bits per heavy atom. The van der Waals surface area contributed by atoms with Crippen molar-refractivity contribution >= 4 is 11.8 Å². The second-order valence-corrected chi connectivity index (χ2v) is 5.94. The van der Waals surface area contributed by atoms with E-state index in [2.05, 4.69) is 23.4 Å². The Morgan fingerprint density at radius 3 is 2.81 bits per heavy atom. The fourth-order valence-corrected chi connectivity index (χ4v) is 2.94. The Balaban J connectivity index is 1.90. The summed E-state index contributed by atoms with van der Waals surface area (Å²) in [5.74, 6) is 6.15. The van der Waals surface area contributed by atoms with Crippen molar-refractivity contribution in [1.29, 1.82) is 0 Å². The number of aryl methyl sites for hydroxylation is 1. The number of hydrazine groups is 1. The molecule has 1 aromatic heterocycles. The quantitative estimate of drug-likeness (QED) is 0.469. The van der Waals surface area contributed by atoms with Gasteiger partial charge in [-0.2, -0.15) is 0 Å². The molecular weight excluding hydrogens is 285 g/mol. The maximum absolute atomic E-state index is 13.1. The Labute approximate surface area is 129 Å². The molecule has 1 unspecified atom stereocenters. The Kier molecular flexibility index (Phi) is 6.17. The predicted octanol–water partition coefficient (Wildman–Crippen LogP) is 2.95. The van der Waals surface area contributed by atoms with Crippen LogP contribution in [0.1, 0.15) is 18.2 Å². The van der Waals surface area contributed by atoms with Gasteiger partial charge in [-0.3, -0.25) is 16.3 Å². The summed E-state index contributed by atoms with van der Waals surface area (Å²) in [7, 11) is 0. The van der Waals surface area contributed by atoms with Crippen LogP contribution in [0.5, 0.6) is 0 Å². The maximum Gasteiger partial charge on any atom is 0.124 e. The van der Waals surface area contributed by atoms with Crippen LogP contribution in [0.15, 0.2) is 47.5 Å². The zero-order valence-corrected chi connectivity index (χ0v) is 12.9. The minimum absolute atomic E-state index is 0.0956. The molecule has 1 aromatic carbocycles. The highest BCUT2D eigenvalue weighted by Gasteiger charge is 2.10. The number of nitrogens with zero attached hydrogens (tertiary/aromatic N) is 1. The molecule has 2 aromatic rings. The van der Waals surface area contributed by atoms with Gasteiger partial charge in [0.2, 0.25) is 0 Å². The van der Waals surface area contributed by atoms with E-state index in [1.807, 2.05) is 18.3 Å². The van der Waals surface area contributed by atoms with E-state index < -0.39 is 0 Å². The SMILES string of the molecule is CCc1ccc(CC(CSc2cccc(F)c2)NN)nc1. The highest BCUT2D eigenvalue weighted by atomic mass is 32.2. The number of thioether (sulfide) groups is 1. The van der Waals surface area contributed by atoms with Crippen LogP contribution in [0, 0.1) is 5.82 Å². The molecule has 1 atom stereocenters. The summed E-state index contributed by atoms with van der Waals surface area (Å²) in [6, 6.07) is 10.8. The average Bonchev–Trinajstić information content (AvgIpc) is 2.52. The van der Waals surface area contributed by atoms with Crippen LogP contribution in [0.4, 0.5) is 4.39 Å². The van der Waals surface area contributed by atoms with Crippen LogP contribution in [-0.2, 0) is 12.8 Å². The zero-order valence-electron chi connectivity index (χ0n) is 12.1. The molecule has 1 heterocycles. The topological polar surface area (TPSA) is 50.9 Å². The molecule has 3 N–H and O–H groups in total. The minimum atomic E-state index is -0.214. The van der Waals surface area contributed by atoms with Crippen molar-refractivity contribution in [3.05, 3.63) is 59.7 Å². The van der Waals surface area contributed by atoms with Crippen LogP contribution in [0.25, 0.3) is 0 Å². The molecule has 0 saturated heterocycles. The summed E-state index contributed by atoms with van der Waals surface area (Å²) in [5.41, 5.74) is 5.05. The van der Waals surface area contributed by atoms with Crippen molar-refractivity contribution in [2.45, 2.75) is 30.7 Å². The van der Waals surface area contributed by atoms with Crippen molar-refractivity contribution in [3.8, 4) is 0 Å². The standard InChI is InChI=1S/C16H20FN3S/c1-2-12-6-7-14(19-10-12)9-15(20-18)11-21-16-5-3-4-13(17)8-16/h3-8,10,15,20H,2,9,11,18H2,1H3. The maximum atomic E-state index is 13.1. The normalized spacial score (nSPS) is 12.3. The molecule has 0 bridgehead atoms. The van der Waals surface area contributed by atoms with E-state index in [1.165, 1.54) is 17.7 Å². The van der Waals surface area contributed by atoms with Gasteiger partial charge in [0.25, 0.3) is 0 Å². The molecule has 5 heteroatoms. The first kappa shape index (κ1) is 15.9. The van der Waals surface area contributed by atoms with Crippen molar-refractivity contribution in [1.82, 2.24) is 10.4 Å². The minimum Gasteiger partial charge on any atom is -0.271 e. The second-order valence-electron chi connectivity index (χ2n) is 4.85. The molecule has 0 spiro atoms. The lowest BCUT2D eigenvalue weighted by Gasteiger charge is -2.15. The van der Waals surface area contributed by atoms with E-state index in [9.17, 15) is 4.39 Å². The summed E-state index contributed by atoms with van der Waals surface area (Å²) in [6.45, 7) is 2.11. The van der Waals surface area contributed by atoms with E-state index in [0.29, 0.717) is 0 Å². The molecule has 0 radical (unpaired) electrons. The van der Waals surface area contributed by atoms with E-state index >= 15 is 0 Å². The number of aromatic nitrogens is 1.